The zero-order valence-electron chi connectivity index (χ0n) is 14.0. The second-order valence-electron chi connectivity index (χ2n) is 5.21. The van der Waals surface area contributed by atoms with Crippen molar-refractivity contribution in [3.8, 4) is 0 Å². The van der Waals surface area contributed by atoms with Crippen LogP contribution in [-0.2, 0) is 9.47 Å². The topological polar surface area (TPSA) is 18.5 Å². The second kappa shape index (κ2) is 12.1. The third kappa shape index (κ3) is 10.9. The SMILES string of the molecule is C=CCC/C(=C\COC/C(C)=C\CCC(C=C)OC)C(F)(F)F. The van der Waals surface area contributed by atoms with Crippen molar-refractivity contribution < 1.29 is 22.6 Å². The Kier molecular flexibility index (Phi) is 11.4. The third-order valence-corrected chi connectivity index (χ3v) is 3.27. The maximum Gasteiger partial charge on any atom is 0.412 e. The van der Waals surface area contributed by atoms with Crippen LogP contribution in [0.25, 0.3) is 0 Å². The highest BCUT2D eigenvalue weighted by Crippen LogP contribution is 2.29. The molecule has 0 fully saturated rings. The van der Waals surface area contributed by atoms with Crippen molar-refractivity contribution in [2.45, 2.75) is 44.9 Å². The van der Waals surface area contributed by atoms with Crippen molar-refractivity contribution in [2.24, 2.45) is 0 Å². The largest absolute Gasteiger partial charge is 0.412 e. The number of hydrogen-bond acceptors (Lipinski definition) is 2. The van der Waals surface area contributed by atoms with Gasteiger partial charge in [0.1, 0.15) is 0 Å². The molecule has 0 saturated heterocycles. The summed E-state index contributed by atoms with van der Waals surface area (Å²) in [5.41, 5.74) is 0.421. The lowest BCUT2D eigenvalue weighted by Crippen LogP contribution is -2.13. The molecule has 0 aliphatic heterocycles. The first-order valence-electron chi connectivity index (χ1n) is 7.61. The van der Waals surface area contributed by atoms with Gasteiger partial charge in [-0.3, -0.25) is 0 Å². The minimum atomic E-state index is -4.31. The van der Waals surface area contributed by atoms with Crippen molar-refractivity contribution in [1.29, 1.82) is 0 Å². The molecule has 1 unspecified atom stereocenters. The van der Waals surface area contributed by atoms with Crippen LogP contribution in [0.3, 0.4) is 0 Å². The smallest absolute Gasteiger partial charge is 0.377 e. The zero-order chi connectivity index (χ0) is 17.7. The van der Waals surface area contributed by atoms with Crippen molar-refractivity contribution >= 4 is 0 Å². The highest BCUT2D eigenvalue weighted by atomic mass is 19.4. The molecule has 0 rings (SSSR count). The highest BCUT2D eigenvalue weighted by molar-refractivity contribution is 5.10. The summed E-state index contributed by atoms with van der Waals surface area (Å²) in [6.45, 7) is 9.27. The molecule has 0 aliphatic carbocycles. The van der Waals surface area contributed by atoms with Crippen molar-refractivity contribution in [1.82, 2.24) is 0 Å². The molecule has 0 aromatic rings. The fourth-order valence-electron chi connectivity index (χ4n) is 1.88. The lowest BCUT2D eigenvalue weighted by molar-refractivity contribution is -0.0945. The van der Waals surface area contributed by atoms with Gasteiger partial charge in [0.25, 0.3) is 0 Å². The second-order valence-corrected chi connectivity index (χ2v) is 5.21. The van der Waals surface area contributed by atoms with Crippen LogP contribution < -0.4 is 0 Å². The van der Waals surface area contributed by atoms with E-state index in [1.54, 1.807) is 13.2 Å². The Labute approximate surface area is 137 Å². The number of hydrogen-bond donors (Lipinski definition) is 0. The van der Waals surface area contributed by atoms with Gasteiger partial charge in [0.15, 0.2) is 0 Å². The van der Waals surface area contributed by atoms with E-state index in [1.165, 1.54) is 6.08 Å². The van der Waals surface area contributed by atoms with Gasteiger partial charge in [-0.15, -0.1) is 13.2 Å². The molecule has 0 heterocycles. The molecule has 0 radical (unpaired) electrons. The number of ether oxygens (including phenoxy) is 2. The van der Waals surface area contributed by atoms with Gasteiger partial charge in [0.2, 0.25) is 0 Å². The van der Waals surface area contributed by atoms with Crippen molar-refractivity contribution in [3.05, 3.63) is 48.6 Å². The average molecular weight is 332 g/mol. The Bertz CT molecular complexity index is 409. The molecular formula is C18H27F3O2. The monoisotopic (exact) mass is 332 g/mol. The molecular weight excluding hydrogens is 305 g/mol. The van der Waals surface area contributed by atoms with Gasteiger partial charge in [-0.25, -0.2) is 0 Å². The fraction of sp³-hybridized carbons (Fsp3) is 0.556. The molecule has 0 bridgehead atoms. The summed E-state index contributed by atoms with van der Waals surface area (Å²) in [4.78, 5) is 0. The van der Waals surface area contributed by atoms with E-state index in [0.29, 0.717) is 13.0 Å². The maximum absolute atomic E-state index is 12.7. The average Bonchev–Trinajstić information content (AvgIpc) is 2.49. The van der Waals surface area contributed by atoms with E-state index in [0.717, 1.165) is 24.5 Å². The lowest BCUT2D eigenvalue weighted by atomic mass is 10.1. The number of methoxy groups -OCH3 is 1. The molecule has 0 aromatic carbocycles. The van der Waals surface area contributed by atoms with Crippen LogP contribution in [0.4, 0.5) is 13.2 Å². The lowest BCUT2D eigenvalue weighted by Gasteiger charge is -2.11. The normalized spacial score (nSPS) is 14.7. The summed E-state index contributed by atoms with van der Waals surface area (Å²) in [6.07, 6.45) is 3.89. The summed E-state index contributed by atoms with van der Waals surface area (Å²) >= 11 is 0. The van der Waals surface area contributed by atoms with E-state index >= 15 is 0 Å². The highest BCUT2D eigenvalue weighted by Gasteiger charge is 2.32. The predicted octanol–water partition coefficient (Wildman–Crippen LogP) is 5.39. The Balaban J connectivity index is 4.22. The number of rotatable bonds is 12. The number of halogens is 3. The summed E-state index contributed by atoms with van der Waals surface area (Å²) < 4.78 is 48.7. The van der Waals surface area contributed by atoms with Gasteiger partial charge in [0, 0.05) is 12.7 Å². The summed E-state index contributed by atoms with van der Waals surface area (Å²) in [7, 11) is 1.63. The van der Waals surface area contributed by atoms with Crippen molar-refractivity contribution in [3.63, 3.8) is 0 Å². The first kappa shape index (κ1) is 21.7. The van der Waals surface area contributed by atoms with Gasteiger partial charge in [-0.1, -0.05) is 29.9 Å². The Morgan fingerprint density at radius 1 is 1.17 bits per heavy atom. The number of alkyl halides is 3. The van der Waals surface area contributed by atoms with Crippen LogP contribution in [0.1, 0.15) is 32.6 Å². The van der Waals surface area contributed by atoms with E-state index in [-0.39, 0.29) is 19.1 Å². The molecule has 5 heteroatoms. The Morgan fingerprint density at radius 3 is 2.39 bits per heavy atom. The number of allylic oxidation sites excluding steroid dienone is 3. The van der Waals surface area contributed by atoms with Crippen molar-refractivity contribution in [2.75, 3.05) is 20.3 Å². The van der Waals surface area contributed by atoms with E-state index < -0.39 is 11.7 Å². The zero-order valence-corrected chi connectivity index (χ0v) is 14.0. The molecule has 0 spiro atoms. The molecule has 0 amide bonds. The first-order valence-corrected chi connectivity index (χ1v) is 7.61. The van der Waals surface area contributed by atoms with E-state index in [9.17, 15) is 13.2 Å². The van der Waals surface area contributed by atoms with Gasteiger partial charge in [0.05, 0.1) is 19.3 Å². The molecule has 0 aromatic heterocycles. The van der Waals surface area contributed by atoms with Crippen LogP contribution >= 0.6 is 0 Å². The fourth-order valence-corrected chi connectivity index (χ4v) is 1.88. The van der Waals surface area contributed by atoms with Gasteiger partial charge in [-0.05, 0) is 32.6 Å². The summed E-state index contributed by atoms with van der Waals surface area (Å²) in [5, 5.41) is 0. The van der Waals surface area contributed by atoms with Crippen LogP contribution in [0, 0.1) is 0 Å². The van der Waals surface area contributed by atoms with E-state index in [4.69, 9.17) is 9.47 Å². The standard InChI is InChI=1S/C18H27F3O2/c1-5-7-10-16(18(19,20)21)12-13-23-14-15(3)9-8-11-17(6-2)22-4/h5-6,9,12,17H,1-2,7-8,10-11,13-14H2,3-4H3/b15-9-,16-12+. The third-order valence-electron chi connectivity index (χ3n) is 3.27. The predicted molar refractivity (Wildman–Crippen MR) is 88.4 cm³/mol. The Morgan fingerprint density at radius 2 is 1.87 bits per heavy atom. The van der Waals surface area contributed by atoms with Crippen LogP contribution in [-0.4, -0.2) is 32.6 Å². The van der Waals surface area contributed by atoms with Crippen LogP contribution in [0.5, 0.6) is 0 Å². The summed E-state index contributed by atoms with van der Waals surface area (Å²) in [6, 6.07) is 0. The molecule has 1 atom stereocenters. The molecule has 132 valence electrons. The molecule has 0 N–H and O–H groups in total. The van der Waals surface area contributed by atoms with Crippen LogP contribution in [0.2, 0.25) is 0 Å². The minimum absolute atomic E-state index is 0.0158. The molecule has 0 saturated carbocycles. The van der Waals surface area contributed by atoms with E-state index in [1.807, 2.05) is 13.0 Å². The quantitative estimate of drug-likeness (QED) is 0.352. The maximum atomic E-state index is 12.7. The Hall–Kier alpha value is -1.33. The minimum Gasteiger partial charge on any atom is -0.377 e. The van der Waals surface area contributed by atoms with Gasteiger partial charge in [-0.2, -0.15) is 13.2 Å². The molecule has 0 aliphatic rings. The van der Waals surface area contributed by atoms with Crippen LogP contribution in [0.15, 0.2) is 48.6 Å². The molecule has 2 nitrogen and oxygen atoms in total. The van der Waals surface area contributed by atoms with Gasteiger partial charge >= 0.3 is 6.18 Å². The van der Waals surface area contributed by atoms with Gasteiger partial charge < -0.3 is 9.47 Å². The summed E-state index contributed by atoms with van der Waals surface area (Å²) in [5.74, 6) is 0. The van der Waals surface area contributed by atoms with E-state index in [2.05, 4.69) is 13.2 Å². The molecule has 23 heavy (non-hydrogen) atoms. The first-order chi connectivity index (χ1) is 10.8.